The van der Waals surface area contributed by atoms with Gasteiger partial charge in [0.25, 0.3) is 0 Å². The molecule has 11 rings (SSSR count). The van der Waals surface area contributed by atoms with E-state index in [1.807, 2.05) is 17.4 Å². The molecule has 9 aromatic rings. The Morgan fingerprint density at radius 1 is 0.458 bits per heavy atom. The maximum atomic E-state index is 6.43. The summed E-state index contributed by atoms with van der Waals surface area (Å²) in [7, 11) is 0. The molecule has 0 bridgehead atoms. The van der Waals surface area contributed by atoms with Gasteiger partial charge in [0.15, 0.2) is 0 Å². The Labute approximate surface area is 282 Å². The molecule has 7 aromatic carbocycles. The molecule has 48 heavy (non-hydrogen) atoms. The number of hydrogen-bond donors (Lipinski definition) is 0. The van der Waals surface area contributed by atoms with Gasteiger partial charge in [-0.3, -0.25) is 0 Å². The van der Waals surface area contributed by atoms with E-state index in [4.69, 9.17) is 4.42 Å². The summed E-state index contributed by atoms with van der Waals surface area (Å²) in [5.41, 5.74) is 13.7. The Balaban J connectivity index is 1.15. The monoisotopic (exact) mass is 631 g/mol. The van der Waals surface area contributed by atoms with E-state index in [1.54, 1.807) is 0 Å². The molecule has 0 atom stereocenters. The molecule has 2 heterocycles. The van der Waals surface area contributed by atoms with Crippen LogP contribution in [0.15, 0.2) is 156 Å². The van der Waals surface area contributed by atoms with Crippen LogP contribution in [0.3, 0.4) is 0 Å². The summed E-state index contributed by atoms with van der Waals surface area (Å²) in [6.45, 7) is 0. The van der Waals surface area contributed by atoms with Crippen LogP contribution >= 0.6 is 11.3 Å². The van der Waals surface area contributed by atoms with Crippen LogP contribution in [0.25, 0.3) is 53.2 Å². The van der Waals surface area contributed by atoms with E-state index in [2.05, 4.69) is 150 Å². The van der Waals surface area contributed by atoms with Crippen LogP contribution in [-0.4, -0.2) is 0 Å². The Morgan fingerprint density at radius 3 is 1.98 bits per heavy atom. The predicted octanol–water partition coefficient (Wildman–Crippen LogP) is 12.5. The van der Waals surface area contributed by atoms with Crippen LogP contribution in [0.1, 0.15) is 22.3 Å². The van der Waals surface area contributed by atoms with Gasteiger partial charge < -0.3 is 9.32 Å². The molecular formula is C45H29NOS. The molecule has 1 spiro atoms. The van der Waals surface area contributed by atoms with Gasteiger partial charge in [0, 0.05) is 59.5 Å². The molecule has 0 aliphatic heterocycles. The lowest BCUT2D eigenvalue weighted by Crippen LogP contribution is -2.26. The molecule has 0 unspecified atom stereocenters. The van der Waals surface area contributed by atoms with Crippen molar-refractivity contribution in [1.82, 2.24) is 0 Å². The second kappa shape index (κ2) is 9.70. The first kappa shape index (κ1) is 26.4. The number of nitrogens with zero attached hydrogens (tertiary/aromatic N) is 1. The average molecular weight is 632 g/mol. The van der Waals surface area contributed by atoms with Gasteiger partial charge in [-0.2, -0.15) is 0 Å². The lowest BCUT2D eigenvalue weighted by molar-refractivity contribution is 0.563. The highest BCUT2D eigenvalue weighted by atomic mass is 32.1. The van der Waals surface area contributed by atoms with Crippen molar-refractivity contribution in [1.29, 1.82) is 0 Å². The predicted molar refractivity (Wildman–Crippen MR) is 201 cm³/mol. The first-order chi connectivity index (χ1) is 23.7. The van der Waals surface area contributed by atoms with Crippen LogP contribution in [0.4, 0.5) is 17.1 Å². The third-order valence-electron chi connectivity index (χ3n) is 10.9. The van der Waals surface area contributed by atoms with Crippen molar-refractivity contribution < 1.29 is 4.42 Å². The maximum absolute atomic E-state index is 6.43. The van der Waals surface area contributed by atoms with Gasteiger partial charge in [0.2, 0.25) is 0 Å². The van der Waals surface area contributed by atoms with Crippen molar-refractivity contribution in [3.63, 3.8) is 0 Å². The Morgan fingerprint density at radius 2 is 1.08 bits per heavy atom. The highest BCUT2D eigenvalue weighted by Crippen LogP contribution is 2.56. The van der Waals surface area contributed by atoms with Crippen LogP contribution in [0, 0.1) is 0 Å². The number of hydrogen-bond acceptors (Lipinski definition) is 3. The summed E-state index contributed by atoms with van der Waals surface area (Å²) in [6.07, 6.45) is 2.04. The normalized spacial score (nSPS) is 14.2. The van der Waals surface area contributed by atoms with E-state index in [9.17, 15) is 0 Å². The summed E-state index contributed by atoms with van der Waals surface area (Å²) in [5.74, 6) is 0. The first-order valence-corrected chi connectivity index (χ1v) is 17.5. The topological polar surface area (TPSA) is 16.4 Å². The van der Waals surface area contributed by atoms with Crippen molar-refractivity contribution in [2.24, 2.45) is 0 Å². The summed E-state index contributed by atoms with van der Waals surface area (Å²) in [4.78, 5) is 2.43. The van der Waals surface area contributed by atoms with Gasteiger partial charge in [-0.1, -0.05) is 91.0 Å². The van der Waals surface area contributed by atoms with E-state index < -0.39 is 0 Å². The zero-order valence-corrected chi connectivity index (χ0v) is 26.9. The Hall–Kier alpha value is -5.64. The number of para-hydroxylation sites is 1. The van der Waals surface area contributed by atoms with E-state index >= 15 is 0 Å². The van der Waals surface area contributed by atoms with Crippen LogP contribution < -0.4 is 4.90 Å². The van der Waals surface area contributed by atoms with Crippen molar-refractivity contribution in [3.05, 3.63) is 174 Å². The minimum Gasteiger partial charge on any atom is -0.456 e. The summed E-state index contributed by atoms with van der Waals surface area (Å²) in [5, 5.41) is 4.88. The molecule has 2 nitrogen and oxygen atoms in total. The summed E-state index contributed by atoms with van der Waals surface area (Å²) < 4.78 is 9.06. The minimum absolute atomic E-state index is 0.0759. The fourth-order valence-electron chi connectivity index (χ4n) is 8.73. The zero-order chi connectivity index (χ0) is 31.4. The number of benzene rings is 7. The molecule has 0 fully saturated rings. The van der Waals surface area contributed by atoms with Gasteiger partial charge in [0.1, 0.15) is 11.2 Å². The number of fused-ring (bicyclic) bond motifs is 12. The molecule has 0 radical (unpaired) electrons. The minimum atomic E-state index is -0.0759. The molecular weight excluding hydrogens is 603 g/mol. The molecule has 0 saturated heterocycles. The van der Waals surface area contributed by atoms with Gasteiger partial charge in [-0.15, -0.1) is 11.3 Å². The zero-order valence-electron chi connectivity index (χ0n) is 26.1. The fourth-order valence-corrected chi connectivity index (χ4v) is 9.82. The largest absolute Gasteiger partial charge is 0.456 e. The lowest BCUT2D eigenvalue weighted by Gasteiger charge is -2.30. The number of rotatable bonds is 3. The third kappa shape index (κ3) is 3.62. The summed E-state index contributed by atoms with van der Waals surface area (Å²) >= 11 is 1.86. The van der Waals surface area contributed by atoms with Crippen molar-refractivity contribution >= 4 is 70.5 Å². The highest BCUT2D eigenvalue weighted by molar-refractivity contribution is 7.25. The third-order valence-corrected chi connectivity index (χ3v) is 12.0. The maximum Gasteiger partial charge on any atom is 0.137 e. The van der Waals surface area contributed by atoms with Crippen molar-refractivity contribution in [2.75, 3.05) is 4.90 Å². The van der Waals surface area contributed by atoms with E-state index in [1.165, 1.54) is 53.6 Å². The van der Waals surface area contributed by atoms with E-state index in [0.29, 0.717) is 0 Å². The molecule has 2 aliphatic carbocycles. The number of furan rings is 1. The second-order valence-corrected chi connectivity index (χ2v) is 14.5. The van der Waals surface area contributed by atoms with Gasteiger partial charge in [-0.25, -0.2) is 0 Å². The average Bonchev–Trinajstić information content (AvgIpc) is 3.88. The lowest BCUT2D eigenvalue weighted by atomic mass is 9.75. The van der Waals surface area contributed by atoms with Gasteiger partial charge >= 0.3 is 0 Å². The van der Waals surface area contributed by atoms with Gasteiger partial charge in [0.05, 0.1) is 0 Å². The van der Waals surface area contributed by atoms with Crippen molar-refractivity contribution in [2.45, 2.75) is 18.3 Å². The van der Waals surface area contributed by atoms with Crippen LogP contribution in [0.5, 0.6) is 0 Å². The van der Waals surface area contributed by atoms with Crippen LogP contribution in [-0.2, 0) is 18.3 Å². The molecule has 226 valence electrons. The summed E-state index contributed by atoms with van der Waals surface area (Å²) in [6, 6.07) is 56.0. The smallest absolute Gasteiger partial charge is 0.137 e. The molecule has 0 amide bonds. The number of thiophene rings is 1. The molecule has 2 aliphatic rings. The molecule has 2 aromatic heterocycles. The second-order valence-electron chi connectivity index (χ2n) is 13.4. The van der Waals surface area contributed by atoms with Crippen molar-refractivity contribution in [3.8, 4) is 11.1 Å². The molecule has 3 heteroatoms. The number of anilines is 3. The van der Waals surface area contributed by atoms with Crippen LogP contribution in [0.2, 0.25) is 0 Å². The highest BCUT2D eigenvalue weighted by Gasteiger charge is 2.47. The first-order valence-electron chi connectivity index (χ1n) is 16.7. The van der Waals surface area contributed by atoms with Gasteiger partial charge in [-0.05, 0) is 101 Å². The van der Waals surface area contributed by atoms with E-state index in [-0.39, 0.29) is 5.41 Å². The fraction of sp³-hybridized carbons (Fsp3) is 0.0667. The SMILES string of the molecule is c1ccc2c(c1)CC1(C2)c2ccccc2-c2ccc(N(c3ccc4c(c3)oc3ccccc34)c3ccc4sc5ccccc5c4c3)cc21. The molecule has 0 N–H and O–H groups in total. The Kier molecular flexibility index (Phi) is 5.34. The quantitative estimate of drug-likeness (QED) is 0.193. The molecule has 0 saturated carbocycles. The van der Waals surface area contributed by atoms with E-state index in [0.717, 1.165) is 51.8 Å². The standard InChI is InChI=1S/C45H29NOS/c1-2-10-29-27-45(26-28(29)9-1)39-14-6-3-11-33(39)34-20-17-31(24-40(34)45)46(30-19-22-44-38(23-30)37-13-5-8-16-43(37)48-44)32-18-21-36-35-12-4-7-15-41(35)47-42(36)25-32/h1-25H,26-27H2. The Bertz CT molecular complexity index is 2740.